The molecule has 5 aliphatic rings. The second-order valence-electron chi connectivity index (χ2n) is 35.6. The standard InChI is InChI=1S/5C21H33OS.5FH/c5*1-2-3-4-5-6-17-22-20-13-9-18(10-14-20)7-8-19-11-15-21(23)16-12-19;;;;;/h5*11-12,15-16,18,20H,2-10,13-14,17H2,1H3;5*1H/t5*18-,20-;;;;;. The minimum absolute atomic E-state index is 0. The van der Waals surface area contributed by atoms with E-state index in [0.29, 0.717) is 30.5 Å². The molecule has 5 radical (unpaired) electrons. The van der Waals surface area contributed by atoms with Gasteiger partial charge in [-0.05, 0) is 343 Å². The number of aryl methyl sites for hydroxylation is 5. The molecule has 0 unspecified atom stereocenters. The molecule has 0 saturated heterocycles. The van der Waals surface area contributed by atoms with Crippen LogP contribution in [0, 0.1) is 29.6 Å². The first-order chi connectivity index (χ1) is 56.4. The lowest BCUT2D eigenvalue weighted by Gasteiger charge is -2.28. The van der Waals surface area contributed by atoms with Crippen molar-refractivity contribution in [1.82, 2.24) is 0 Å². The Morgan fingerprint density at radius 1 is 0.192 bits per heavy atom. The van der Waals surface area contributed by atoms with Crippen molar-refractivity contribution in [3.63, 3.8) is 0 Å². The predicted molar refractivity (Wildman–Crippen MR) is 518 cm³/mol. The first-order valence-electron chi connectivity index (χ1n) is 48.3. The minimum Gasteiger partial charge on any atom is -0.378 e. The molecule has 5 saturated carbocycles. The van der Waals surface area contributed by atoms with E-state index in [0.717, 1.165) is 87.1 Å². The summed E-state index contributed by atoms with van der Waals surface area (Å²) in [4.78, 5) is 4.73. The topological polar surface area (TPSA) is 46.2 Å². The Bertz CT molecular complexity index is 2530. The van der Waals surface area contributed by atoms with Crippen LogP contribution < -0.4 is 0 Å². The summed E-state index contributed by atoms with van der Waals surface area (Å²) < 4.78 is 30.4. The zero-order valence-corrected chi connectivity index (χ0v) is 80.0. The van der Waals surface area contributed by atoms with Crippen LogP contribution in [0.25, 0.3) is 0 Å². The fraction of sp³-hybridized carbons (Fsp3) is 0.714. The summed E-state index contributed by atoms with van der Waals surface area (Å²) in [7, 11) is 0. The van der Waals surface area contributed by atoms with E-state index in [-0.39, 0.29) is 23.5 Å². The van der Waals surface area contributed by atoms with E-state index in [2.05, 4.69) is 156 Å². The van der Waals surface area contributed by atoms with E-state index in [1.54, 1.807) is 0 Å². The van der Waals surface area contributed by atoms with Gasteiger partial charge >= 0.3 is 0 Å². The average molecular weight is 1770 g/mol. The molecule has 5 nitrogen and oxygen atoms in total. The van der Waals surface area contributed by atoms with Gasteiger partial charge in [-0.3, -0.25) is 23.5 Å². The average Bonchev–Trinajstić information content (AvgIpc) is 0.908. The fourth-order valence-electron chi connectivity index (χ4n) is 17.8. The van der Waals surface area contributed by atoms with Gasteiger partial charge in [0.2, 0.25) is 0 Å². The smallest absolute Gasteiger partial charge is 0.0575 e. The molecule has 0 spiro atoms. The van der Waals surface area contributed by atoms with Gasteiger partial charge in [-0.1, -0.05) is 287 Å². The minimum atomic E-state index is 0. The van der Waals surface area contributed by atoms with Gasteiger partial charge < -0.3 is 23.7 Å². The maximum atomic E-state index is 6.08. The zero-order chi connectivity index (χ0) is 81.7. The third-order valence-corrected chi connectivity index (χ3v) is 27.2. The van der Waals surface area contributed by atoms with Gasteiger partial charge in [0.05, 0.1) is 30.5 Å². The molecule has 5 aliphatic carbocycles. The highest BCUT2D eigenvalue weighted by Crippen LogP contribution is 2.36. The molecule has 685 valence electrons. The largest absolute Gasteiger partial charge is 0.378 e. The summed E-state index contributed by atoms with van der Waals surface area (Å²) in [5, 5.41) is 0. The Balaban J connectivity index is 0.000000742. The van der Waals surface area contributed by atoms with Crippen LogP contribution >= 0.6 is 63.1 Å². The molecule has 0 bridgehead atoms. The number of unbranched alkanes of at least 4 members (excludes halogenated alkanes) is 20. The number of hydrogen-bond acceptors (Lipinski definition) is 5. The van der Waals surface area contributed by atoms with Crippen LogP contribution in [-0.2, 0) is 55.8 Å². The maximum absolute atomic E-state index is 6.08. The molecule has 0 aliphatic heterocycles. The lowest BCUT2D eigenvalue weighted by Crippen LogP contribution is -2.22. The van der Waals surface area contributed by atoms with Crippen molar-refractivity contribution in [3.8, 4) is 0 Å². The Morgan fingerprint density at radius 2 is 0.325 bits per heavy atom. The van der Waals surface area contributed by atoms with Crippen molar-refractivity contribution in [2.24, 2.45) is 29.6 Å². The van der Waals surface area contributed by atoms with Crippen LogP contribution in [0.3, 0.4) is 0 Å². The highest BCUT2D eigenvalue weighted by molar-refractivity contribution is 7.81. The molecule has 5 fully saturated rings. The molecule has 120 heavy (non-hydrogen) atoms. The van der Waals surface area contributed by atoms with Crippen LogP contribution in [0.1, 0.15) is 383 Å². The van der Waals surface area contributed by atoms with Gasteiger partial charge in [0, 0.05) is 57.5 Å². The van der Waals surface area contributed by atoms with Crippen LogP contribution in [0.5, 0.6) is 0 Å². The van der Waals surface area contributed by atoms with E-state index in [1.165, 1.54) is 381 Å². The fourth-order valence-corrected chi connectivity index (χ4v) is 18.5. The Kier molecular flexibility index (Phi) is 72.4. The first kappa shape index (κ1) is 115. The van der Waals surface area contributed by atoms with Gasteiger partial charge in [0.25, 0.3) is 0 Å². The number of benzene rings is 5. The molecule has 0 aromatic heterocycles. The van der Waals surface area contributed by atoms with Gasteiger partial charge in [0.15, 0.2) is 0 Å². The van der Waals surface area contributed by atoms with Crippen molar-refractivity contribution in [2.45, 2.75) is 443 Å². The van der Waals surface area contributed by atoms with Gasteiger partial charge in [0.1, 0.15) is 0 Å². The molecule has 0 heterocycles. The number of ether oxygens (including phenoxy) is 5. The summed E-state index contributed by atoms with van der Waals surface area (Å²) >= 11 is 25.7. The second kappa shape index (κ2) is 75.8. The monoisotopic (exact) mass is 1770 g/mol. The maximum Gasteiger partial charge on any atom is 0.0575 e. The van der Waals surface area contributed by atoms with E-state index >= 15 is 0 Å². The zero-order valence-electron chi connectivity index (χ0n) is 75.9. The van der Waals surface area contributed by atoms with Gasteiger partial charge in [-0.25, -0.2) is 0 Å². The summed E-state index contributed by atoms with van der Waals surface area (Å²) in [6.45, 7) is 16.2. The van der Waals surface area contributed by atoms with E-state index in [1.807, 2.05) is 0 Å². The number of hydrogen-bond donors (Lipinski definition) is 0. The summed E-state index contributed by atoms with van der Waals surface area (Å²) in [6.07, 6.45) is 74.7. The Labute approximate surface area is 759 Å². The molecule has 15 heteroatoms. The quantitative estimate of drug-likeness (QED) is 0.0287. The van der Waals surface area contributed by atoms with Crippen molar-refractivity contribution in [3.05, 3.63) is 149 Å². The molecule has 5 aromatic rings. The SMILES string of the molecule is CCCCCCCO[C@H]1CC[C@H](CCc2ccc([S])cc2)CC1.CCCCCCCO[C@H]1CC[C@H](CCc2ccc([S])cc2)CC1.CCCCCCCO[C@H]1CC[C@H](CCc2ccc([S])cc2)CC1.CCCCCCCO[C@H]1CC[C@H](CCc2ccc([S])cc2)CC1.CCCCCCCO[C@H]1CC[C@H](CCc2ccc([S])cc2)CC1.F.F.F.F.F. The van der Waals surface area contributed by atoms with Crippen molar-refractivity contribution < 1.29 is 47.2 Å². The van der Waals surface area contributed by atoms with Crippen molar-refractivity contribution in [2.75, 3.05) is 33.0 Å². The van der Waals surface area contributed by atoms with Crippen LogP contribution in [-0.4, -0.2) is 63.6 Å². The van der Waals surface area contributed by atoms with E-state index in [4.69, 9.17) is 86.8 Å². The van der Waals surface area contributed by atoms with Crippen LogP contribution in [0.2, 0.25) is 0 Å². The lowest BCUT2D eigenvalue weighted by atomic mass is 9.84. The van der Waals surface area contributed by atoms with Crippen molar-refractivity contribution >= 4 is 63.1 Å². The Hall–Kier alpha value is -3.35. The number of rotatable bonds is 50. The normalized spacial score (nSPS) is 20.5. The van der Waals surface area contributed by atoms with Crippen LogP contribution in [0.4, 0.5) is 23.5 Å². The third-order valence-electron chi connectivity index (χ3n) is 25.8. The van der Waals surface area contributed by atoms with E-state index < -0.39 is 0 Å². The summed E-state index contributed by atoms with van der Waals surface area (Å²) in [5.74, 6) is 4.46. The predicted octanol–water partition coefficient (Wildman–Crippen LogP) is 34.4. The third kappa shape index (κ3) is 56.7. The van der Waals surface area contributed by atoms with Gasteiger partial charge in [-0.2, -0.15) is 0 Å². The van der Waals surface area contributed by atoms with Crippen molar-refractivity contribution in [1.29, 1.82) is 0 Å². The lowest BCUT2D eigenvalue weighted by molar-refractivity contribution is 0.0152. The molecule has 5 aromatic carbocycles. The molecule has 0 N–H and O–H groups in total. The molecular formula is C105H170F5O5S5. The molecule has 0 amide bonds. The second-order valence-corrected chi connectivity index (χ2v) is 37.9. The van der Waals surface area contributed by atoms with E-state index in [9.17, 15) is 0 Å². The summed E-state index contributed by atoms with van der Waals surface area (Å²) in [6, 6.07) is 42.4. The molecule has 10 rings (SSSR count). The van der Waals surface area contributed by atoms with Crippen LogP contribution in [0.15, 0.2) is 146 Å². The highest BCUT2D eigenvalue weighted by atomic mass is 32.1. The molecule has 0 atom stereocenters. The summed E-state index contributed by atoms with van der Waals surface area (Å²) in [5.41, 5.74) is 7.17. The molecular weight excluding hydrogens is 1600 g/mol. The van der Waals surface area contributed by atoms with Gasteiger partial charge in [-0.15, -0.1) is 0 Å². The Morgan fingerprint density at radius 3 is 0.458 bits per heavy atom. The first-order valence-corrected chi connectivity index (χ1v) is 50.3. The number of halogens is 5. The highest BCUT2D eigenvalue weighted by Gasteiger charge is 2.26.